The van der Waals surface area contributed by atoms with Gasteiger partial charge >= 0.3 is 0 Å². The van der Waals surface area contributed by atoms with Gasteiger partial charge in [0.1, 0.15) is 11.8 Å². The fraction of sp³-hybridized carbons (Fsp3) is 0.250. The minimum atomic E-state index is 0.328. The number of rotatable bonds is 5. The van der Waals surface area contributed by atoms with Gasteiger partial charge < -0.3 is 9.47 Å². The second-order valence-electron chi connectivity index (χ2n) is 3.29. The Balaban J connectivity index is 2.00. The van der Waals surface area contributed by atoms with E-state index in [4.69, 9.17) is 9.47 Å². The van der Waals surface area contributed by atoms with E-state index >= 15 is 0 Å². The van der Waals surface area contributed by atoms with Crippen molar-refractivity contribution in [2.75, 3.05) is 13.9 Å². The van der Waals surface area contributed by atoms with E-state index in [0.29, 0.717) is 13.4 Å². The first-order valence-electron chi connectivity index (χ1n) is 4.95. The van der Waals surface area contributed by atoms with E-state index < -0.39 is 0 Å². The Morgan fingerprint density at radius 3 is 2.69 bits per heavy atom. The summed E-state index contributed by atoms with van der Waals surface area (Å²) in [5.74, 6) is 0. The molecule has 0 bridgehead atoms. The third-order valence-corrected chi connectivity index (χ3v) is 2.93. The summed E-state index contributed by atoms with van der Waals surface area (Å²) in [6.45, 7) is 0.903. The van der Waals surface area contributed by atoms with E-state index in [9.17, 15) is 0 Å². The lowest BCUT2D eigenvalue weighted by molar-refractivity contribution is -0.0390. The molecule has 4 heteroatoms. The predicted molar refractivity (Wildman–Crippen MR) is 64.2 cm³/mol. The zero-order valence-electron chi connectivity index (χ0n) is 9.05. The molecule has 0 N–H and O–H groups in total. The van der Waals surface area contributed by atoms with Crippen LogP contribution in [0.2, 0.25) is 0 Å². The van der Waals surface area contributed by atoms with Gasteiger partial charge in [0.25, 0.3) is 0 Å². The Bertz CT molecular complexity index is 411. The zero-order chi connectivity index (χ0) is 11.2. The van der Waals surface area contributed by atoms with Crippen LogP contribution in [0.4, 0.5) is 0 Å². The van der Waals surface area contributed by atoms with Gasteiger partial charge in [-0.15, -0.1) is 11.3 Å². The average molecular weight is 235 g/mol. The van der Waals surface area contributed by atoms with Crippen LogP contribution in [0, 0.1) is 0 Å². The standard InChI is InChI=1S/C12H13NO2S/c1-14-9-15-8-10-2-4-11(5-3-10)12-13-6-7-16-12/h2-7H,8-9H2,1H3. The highest BCUT2D eigenvalue weighted by Gasteiger charge is 2.00. The van der Waals surface area contributed by atoms with Crippen LogP contribution >= 0.6 is 11.3 Å². The quantitative estimate of drug-likeness (QED) is 0.590. The van der Waals surface area contributed by atoms with Gasteiger partial charge in [-0.1, -0.05) is 24.3 Å². The molecular formula is C12H13NO2S. The van der Waals surface area contributed by atoms with E-state index in [1.54, 1.807) is 18.4 Å². The third kappa shape index (κ3) is 2.88. The molecule has 0 unspecified atom stereocenters. The van der Waals surface area contributed by atoms with Crippen molar-refractivity contribution in [2.45, 2.75) is 6.61 Å². The largest absolute Gasteiger partial charge is 0.359 e. The highest BCUT2D eigenvalue weighted by molar-refractivity contribution is 7.13. The molecule has 1 heterocycles. The number of thiazole rings is 1. The maximum absolute atomic E-state index is 5.26. The summed E-state index contributed by atoms with van der Waals surface area (Å²) >= 11 is 1.64. The van der Waals surface area contributed by atoms with E-state index in [2.05, 4.69) is 17.1 Å². The van der Waals surface area contributed by atoms with E-state index in [-0.39, 0.29) is 0 Å². The summed E-state index contributed by atoms with van der Waals surface area (Å²) in [5, 5.41) is 3.02. The summed E-state index contributed by atoms with van der Waals surface area (Å²) in [4.78, 5) is 4.26. The molecule has 0 saturated carbocycles. The number of ether oxygens (including phenoxy) is 2. The van der Waals surface area contributed by atoms with Gasteiger partial charge in [-0.05, 0) is 5.56 Å². The number of hydrogen-bond acceptors (Lipinski definition) is 4. The topological polar surface area (TPSA) is 31.4 Å². The molecule has 0 saturated heterocycles. The Labute approximate surface area is 98.7 Å². The van der Waals surface area contributed by atoms with E-state index in [1.807, 2.05) is 23.7 Å². The number of aromatic nitrogens is 1. The first kappa shape index (κ1) is 11.3. The molecule has 2 aromatic rings. The lowest BCUT2D eigenvalue weighted by Crippen LogP contribution is -1.96. The Hall–Kier alpha value is -1.23. The summed E-state index contributed by atoms with van der Waals surface area (Å²) in [6, 6.07) is 8.22. The van der Waals surface area contributed by atoms with Crippen LogP contribution in [0.25, 0.3) is 10.6 Å². The van der Waals surface area contributed by atoms with Gasteiger partial charge in [0.05, 0.1) is 6.61 Å². The molecule has 0 spiro atoms. The Morgan fingerprint density at radius 2 is 2.06 bits per heavy atom. The summed E-state index contributed by atoms with van der Waals surface area (Å²) in [5.41, 5.74) is 2.28. The Kier molecular flexibility index (Phi) is 4.04. The minimum absolute atomic E-state index is 0.328. The predicted octanol–water partition coefficient (Wildman–Crippen LogP) is 2.93. The van der Waals surface area contributed by atoms with Crippen LogP contribution in [0.15, 0.2) is 35.8 Å². The van der Waals surface area contributed by atoms with Crippen LogP contribution in [0.5, 0.6) is 0 Å². The molecule has 0 amide bonds. The molecule has 0 fully saturated rings. The van der Waals surface area contributed by atoms with Crippen molar-refractivity contribution in [2.24, 2.45) is 0 Å². The molecule has 84 valence electrons. The van der Waals surface area contributed by atoms with E-state index in [1.165, 1.54) is 0 Å². The molecule has 0 aliphatic rings. The van der Waals surface area contributed by atoms with Crippen LogP contribution in [-0.2, 0) is 16.1 Å². The molecule has 0 atom stereocenters. The summed E-state index contributed by atoms with van der Waals surface area (Å²) in [6.07, 6.45) is 1.82. The highest BCUT2D eigenvalue weighted by atomic mass is 32.1. The molecule has 0 radical (unpaired) electrons. The molecular weight excluding hydrogens is 222 g/mol. The van der Waals surface area contributed by atoms with Crippen molar-refractivity contribution in [3.63, 3.8) is 0 Å². The molecule has 0 aliphatic carbocycles. The van der Waals surface area contributed by atoms with Crippen molar-refractivity contribution < 1.29 is 9.47 Å². The zero-order valence-corrected chi connectivity index (χ0v) is 9.87. The molecule has 1 aromatic heterocycles. The van der Waals surface area contributed by atoms with Gasteiger partial charge in [0, 0.05) is 24.3 Å². The van der Waals surface area contributed by atoms with Gasteiger partial charge in [0.2, 0.25) is 0 Å². The van der Waals surface area contributed by atoms with Crippen molar-refractivity contribution in [1.82, 2.24) is 4.98 Å². The first-order chi connectivity index (χ1) is 7.90. The lowest BCUT2D eigenvalue weighted by atomic mass is 10.1. The van der Waals surface area contributed by atoms with Crippen molar-refractivity contribution in [1.29, 1.82) is 0 Å². The van der Waals surface area contributed by atoms with Crippen LogP contribution < -0.4 is 0 Å². The third-order valence-electron chi connectivity index (χ3n) is 2.10. The number of methoxy groups -OCH3 is 1. The second-order valence-corrected chi connectivity index (χ2v) is 4.18. The second kappa shape index (κ2) is 5.75. The van der Waals surface area contributed by atoms with Gasteiger partial charge in [-0.3, -0.25) is 0 Å². The number of benzene rings is 1. The van der Waals surface area contributed by atoms with Gasteiger partial charge in [-0.2, -0.15) is 0 Å². The Morgan fingerprint density at radius 1 is 1.25 bits per heavy atom. The lowest BCUT2D eigenvalue weighted by Gasteiger charge is -2.03. The highest BCUT2D eigenvalue weighted by Crippen LogP contribution is 2.21. The van der Waals surface area contributed by atoms with Crippen molar-refractivity contribution in [3.05, 3.63) is 41.4 Å². The van der Waals surface area contributed by atoms with Crippen LogP contribution in [0.1, 0.15) is 5.56 Å². The normalized spacial score (nSPS) is 10.6. The molecule has 3 nitrogen and oxygen atoms in total. The SMILES string of the molecule is COCOCc1ccc(-c2nccs2)cc1. The molecule has 16 heavy (non-hydrogen) atoms. The molecule has 2 rings (SSSR count). The van der Waals surface area contributed by atoms with Crippen molar-refractivity contribution >= 4 is 11.3 Å². The van der Waals surface area contributed by atoms with Crippen LogP contribution in [-0.4, -0.2) is 18.9 Å². The maximum atomic E-state index is 5.26. The first-order valence-corrected chi connectivity index (χ1v) is 5.83. The van der Waals surface area contributed by atoms with Gasteiger partial charge in [-0.25, -0.2) is 4.98 Å². The van der Waals surface area contributed by atoms with Crippen LogP contribution in [0.3, 0.4) is 0 Å². The van der Waals surface area contributed by atoms with E-state index in [0.717, 1.165) is 16.1 Å². The number of nitrogens with zero attached hydrogens (tertiary/aromatic N) is 1. The minimum Gasteiger partial charge on any atom is -0.359 e. The summed E-state index contributed by atoms with van der Waals surface area (Å²) in [7, 11) is 1.62. The maximum Gasteiger partial charge on any atom is 0.146 e. The molecule has 1 aromatic carbocycles. The van der Waals surface area contributed by atoms with Crippen molar-refractivity contribution in [3.8, 4) is 10.6 Å². The smallest absolute Gasteiger partial charge is 0.146 e. The average Bonchev–Trinajstić information content (AvgIpc) is 2.84. The fourth-order valence-electron chi connectivity index (χ4n) is 1.35. The summed E-state index contributed by atoms with van der Waals surface area (Å²) < 4.78 is 10.1. The monoisotopic (exact) mass is 235 g/mol. The fourth-order valence-corrected chi connectivity index (χ4v) is 2.00. The molecule has 0 aliphatic heterocycles. The number of hydrogen-bond donors (Lipinski definition) is 0. The van der Waals surface area contributed by atoms with Gasteiger partial charge in [0.15, 0.2) is 0 Å².